The fraction of sp³-hybridized carbons (Fsp3) is 0.238. The molecule has 24 heavy (non-hydrogen) atoms. The lowest BCUT2D eigenvalue weighted by Crippen LogP contribution is -2.34. The van der Waals surface area contributed by atoms with Crippen LogP contribution in [0.4, 0.5) is 0 Å². The third-order valence-corrected chi connectivity index (χ3v) is 4.68. The molecule has 3 aromatic rings. The minimum atomic E-state index is -0.276. The first kappa shape index (κ1) is 14.9. The molecule has 1 aromatic heterocycles. The van der Waals surface area contributed by atoms with Gasteiger partial charge in [-0.2, -0.15) is 0 Å². The van der Waals surface area contributed by atoms with Crippen molar-refractivity contribution in [3.8, 4) is 5.75 Å². The lowest BCUT2D eigenvalue weighted by atomic mass is 10.0. The summed E-state index contributed by atoms with van der Waals surface area (Å²) in [5, 5.41) is 1.12. The zero-order valence-electron chi connectivity index (χ0n) is 14.0. The summed E-state index contributed by atoms with van der Waals surface area (Å²) < 4.78 is 6.30. The summed E-state index contributed by atoms with van der Waals surface area (Å²) in [6, 6.07) is 18.5. The fourth-order valence-corrected chi connectivity index (χ4v) is 3.01. The molecule has 0 saturated heterocycles. The highest BCUT2D eigenvalue weighted by atomic mass is 16.5. The highest BCUT2D eigenvalue weighted by Crippen LogP contribution is 2.31. The van der Waals surface area contributed by atoms with Gasteiger partial charge in [0.15, 0.2) is 0 Å². The predicted molar refractivity (Wildman–Crippen MR) is 98.0 cm³/mol. The average Bonchev–Trinajstić information content (AvgIpc) is 2.78. The summed E-state index contributed by atoms with van der Waals surface area (Å²) in [4.78, 5) is 9.51. The van der Waals surface area contributed by atoms with Gasteiger partial charge in [0, 0.05) is 22.7 Å². The number of pyridine rings is 1. The number of aromatic nitrogens is 1. The Morgan fingerprint density at radius 1 is 1.08 bits per heavy atom. The summed E-state index contributed by atoms with van der Waals surface area (Å²) in [7, 11) is 0. The van der Waals surface area contributed by atoms with E-state index in [1.54, 1.807) is 0 Å². The lowest BCUT2D eigenvalue weighted by molar-refractivity contribution is 0.0958. The van der Waals surface area contributed by atoms with E-state index in [4.69, 9.17) is 9.73 Å². The maximum absolute atomic E-state index is 6.30. The number of hydrogen-bond donors (Lipinski definition) is 0. The van der Waals surface area contributed by atoms with Crippen molar-refractivity contribution < 1.29 is 4.74 Å². The summed E-state index contributed by atoms with van der Waals surface area (Å²) in [5.41, 5.74) is 3.75. The zero-order chi connectivity index (χ0) is 16.6. The van der Waals surface area contributed by atoms with Crippen molar-refractivity contribution in [1.29, 1.82) is 0 Å². The van der Waals surface area contributed by atoms with Crippen molar-refractivity contribution in [2.45, 2.75) is 25.9 Å². The van der Waals surface area contributed by atoms with Gasteiger partial charge in [0.1, 0.15) is 11.4 Å². The van der Waals surface area contributed by atoms with Crippen LogP contribution in [-0.4, -0.2) is 22.8 Å². The van der Waals surface area contributed by atoms with Crippen molar-refractivity contribution in [2.75, 3.05) is 6.54 Å². The molecule has 120 valence electrons. The molecule has 1 atom stereocenters. The summed E-state index contributed by atoms with van der Waals surface area (Å²) in [6.45, 7) is 4.90. The van der Waals surface area contributed by atoms with Gasteiger partial charge in [0.2, 0.25) is 0 Å². The Kier molecular flexibility index (Phi) is 3.57. The smallest absolute Gasteiger partial charge is 0.129 e. The second-order valence-electron chi connectivity index (χ2n) is 6.48. The molecular formula is C21H20N2O. The molecule has 2 heterocycles. The molecule has 0 spiro atoms. The monoisotopic (exact) mass is 316 g/mol. The molecule has 2 aromatic carbocycles. The van der Waals surface area contributed by atoms with E-state index in [0.29, 0.717) is 6.54 Å². The zero-order valence-corrected chi connectivity index (χ0v) is 14.0. The van der Waals surface area contributed by atoms with Crippen LogP contribution in [0.1, 0.15) is 31.4 Å². The molecule has 1 aliphatic heterocycles. The van der Waals surface area contributed by atoms with E-state index in [1.165, 1.54) is 0 Å². The molecule has 0 N–H and O–H groups in total. The molecular weight excluding hydrogens is 296 g/mol. The van der Waals surface area contributed by atoms with Crippen LogP contribution >= 0.6 is 0 Å². The topological polar surface area (TPSA) is 34.5 Å². The Morgan fingerprint density at radius 2 is 1.88 bits per heavy atom. The van der Waals surface area contributed by atoms with Crippen LogP contribution in [0.2, 0.25) is 0 Å². The van der Waals surface area contributed by atoms with E-state index in [2.05, 4.69) is 37.0 Å². The van der Waals surface area contributed by atoms with E-state index in [9.17, 15) is 0 Å². The van der Waals surface area contributed by atoms with Gasteiger partial charge in [-0.05, 0) is 37.6 Å². The van der Waals surface area contributed by atoms with E-state index in [1.807, 2.05) is 42.6 Å². The van der Waals surface area contributed by atoms with Gasteiger partial charge < -0.3 is 4.74 Å². The number of ether oxygens (including phenoxy) is 1. The molecule has 0 aliphatic carbocycles. The van der Waals surface area contributed by atoms with Crippen LogP contribution in [0.3, 0.4) is 0 Å². The molecule has 0 fully saturated rings. The Hall–Kier alpha value is -2.68. The molecule has 1 aliphatic rings. The molecule has 0 amide bonds. The van der Waals surface area contributed by atoms with Crippen molar-refractivity contribution >= 4 is 16.6 Å². The number of nitrogens with zero attached hydrogens (tertiary/aromatic N) is 2. The van der Waals surface area contributed by atoms with Gasteiger partial charge in [-0.15, -0.1) is 0 Å². The van der Waals surface area contributed by atoms with Gasteiger partial charge in [-0.1, -0.05) is 37.3 Å². The number of benzene rings is 2. The Bertz CT molecular complexity index is 932. The SMILES string of the molecule is CCC1(C)CN=C(c2cnc3ccccc3c2)c2ccccc2O1. The molecule has 0 bridgehead atoms. The second kappa shape index (κ2) is 5.75. The quantitative estimate of drug-likeness (QED) is 0.690. The average molecular weight is 316 g/mol. The third-order valence-electron chi connectivity index (χ3n) is 4.68. The molecule has 0 saturated carbocycles. The number of aliphatic imine (C=N–C) groups is 1. The molecule has 3 heteroatoms. The summed E-state index contributed by atoms with van der Waals surface area (Å²) in [6.07, 6.45) is 2.82. The van der Waals surface area contributed by atoms with Crippen molar-refractivity contribution in [3.63, 3.8) is 0 Å². The first-order chi connectivity index (χ1) is 11.7. The van der Waals surface area contributed by atoms with E-state index in [0.717, 1.165) is 39.9 Å². The van der Waals surface area contributed by atoms with E-state index in [-0.39, 0.29) is 5.60 Å². The van der Waals surface area contributed by atoms with Crippen LogP contribution in [0.25, 0.3) is 10.9 Å². The van der Waals surface area contributed by atoms with Gasteiger partial charge in [0.25, 0.3) is 0 Å². The van der Waals surface area contributed by atoms with Crippen LogP contribution in [0.5, 0.6) is 5.75 Å². The third kappa shape index (κ3) is 2.56. The first-order valence-corrected chi connectivity index (χ1v) is 8.36. The van der Waals surface area contributed by atoms with E-state index < -0.39 is 0 Å². The minimum Gasteiger partial charge on any atom is -0.485 e. The lowest BCUT2D eigenvalue weighted by Gasteiger charge is -2.26. The maximum Gasteiger partial charge on any atom is 0.129 e. The minimum absolute atomic E-state index is 0.276. The van der Waals surface area contributed by atoms with Crippen LogP contribution in [0, 0.1) is 0 Å². The van der Waals surface area contributed by atoms with Crippen LogP contribution < -0.4 is 4.74 Å². The largest absolute Gasteiger partial charge is 0.485 e. The molecule has 4 rings (SSSR count). The first-order valence-electron chi connectivity index (χ1n) is 8.36. The standard InChI is InChI=1S/C21H20N2O/c1-3-21(2)14-23-20(17-9-5-7-11-19(17)24-21)16-12-15-8-4-6-10-18(15)22-13-16/h4-13H,3,14H2,1-2H3. The Balaban J connectivity index is 1.89. The van der Waals surface area contributed by atoms with Crippen molar-refractivity contribution in [1.82, 2.24) is 4.98 Å². The number of rotatable bonds is 2. The molecule has 0 radical (unpaired) electrons. The van der Waals surface area contributed by atoms with Crippen LogP contribution in [-0.2, 0) is 0 Å². The molecule has 3 nitrogen and oxygen atoms in total. The summed E-state index contributed by atoms with van der Waals surface area (Å²) in [5.74, 6) is 0.895. The van der Waals surface area contributed by atoms with Gasteiger partial charge >= 0.3 is 0 Å². The Labute approximate surface area is 142 Å². The maximum atomic E-state index is 6.30. The number of hydrogen-bond acceptors (Lipinski definition) is 3. The van der Waals surface area contributed by atoms with E-state index >= 15 is 0 Å². The number of para-hydroxylation sites is 2. The van der Waals surface area contributed by atoms with Gasteiger partial charge in [-0.25, -0.2) is 0 Å². The van der Waals surface area contributed by atoms with Crippen molar-refractivity contribution in [3.05, 3.63) is 71.9 Å². The fourth-order valence-electron chi connectivity index (χ4n) is 3.01. The Morgan fingerprint density at radius 3 is 2.75 bits per heavy atom. The van der Waals surface area contributed by atoms with Gasteiger partial charge in [0.05, 0.1) is 17.8 Å². The predicted octanol–water partition coefficient (Wildman–Crippen LogP) is 4.63. The van der Waals surface area contributed by atoms with Gasteiger partial charge in [-0.3, -0.25) is 9.98 Å². The second-order valence-corrected chi connectivity index (χ2v) is 6.48. The normalized spacial score (nSPS) is 20.0. The van der Waals surface area contributed by atoms with Crippen molar-refractivity contribution in [2.24, 2.45) is 4.99 Å². The highest BCUT2D eigenvalue weighted by molar-refractivity contribution is 6.15. The molecule has 1 unspecified atom stereocenters. The number of fused-ring (bicyclic) bond motifs is 2. The van der Waals surface area contributed by atoms with Crippen LogP contribution in [0.15, 0.2) is 65.8 Å². The highest BCUT2D eigenvalue weighted by Gasteiger charge is 2.29. The summed E-state index contributed by atoms with van der Waals surface area (Å²) >= 11 is 0.